The Labute approximate surface area is 75.3 Å². The molecule has 3 heteroatoms. The van der Waals surface area contributed by atoms with Gasteiger partial charge in [-0.2, -0.15) is 0 Å². The lowest BCUT2D eigenvalue weighted by Crippen LogP contribution is -2.46. The smallest absolute Gasteiger partial charge is 0.0658 e. The predicted molar refractivity (Wildman–Crippen MR) is 47.8 cm³/mol. The highest BCUT2D eigenvalue weighted by Crippen LogP contribution is 2.22. The third kappa shape index (κ3) is 1.66. The Morgan fingerprint density at radius 3 is 3.36 bits per heavy atom. The van der Waals surface area contributed by atoms with Gasteiger partial charge in [0.2, 0.25) is 0 Å². The van der Waals surface area contributed by atoms with Gasteiger partial charge in [0.1, 0.15) is 0 Å². The fourth-order valence-electron chi connectivity index (χ4n) is 1.63. The van der Waals surface area contributed by atoms with Gasteiger partial charge in [0, 0.05) is 13.1 Å². The number of nitrogens with zero attached hydrogens (tertiary/aromatic N) is 1. The van der Waals surface area contributed by atoms with E-state index in [1.54, 1.807) is 0 Å². The van der Waals surface area contributed by atoms with Crippen molar-refractivity contribution < 1.29 is 4.74 Å². The van der Waals surface area contributed by atoms with Crippen molar-refractivity contribution in [2.24, 2.45) is 0 Å². The van der Waals surface area contributed by atoms with Gasteiger partial charge in [0.15, 0.2) is 0 Å². The minimum absolute atomic E-state index is 0.534. The molecule has 0 spiro atoms. The molecule has 0 aliphatic carbocycles. The third-order valence-corrected chi connectivity index (χ3v) is 2.95. The van der Waals surface area contributed by atoms with Crippen LogP contribution in [0, 0.1) is 0 Å². The molecule has 11 heavy (non-hydrogen) atoms. The molecule has 2 aliphatic rings. The Morgan fingerprint density at radius 2 is 2.45 bits per heavy atom. The Kier molecular flexibility index (Phi) is 2.30. The summed E-state index contributed by atoms with van der Waals surface area (Å²) < 4.78 is 6.72. The van der Waals surface area contributed by atoms with Crippen molar-refractivity contribution in [3.63, 3.8) is 0 Å². The van der Waals surface area contributed by atoms with Crippen molar-refractivity contribution in [2.45, 2.75) is 12.5 Å². The summed E-state index contributed by atoms with van der Waals surface area (Å²) in [4.78, 5) is 2.48. The lowest BCUT2D eigenvalue weighted by atomic mass is 10.1. The van der Waals surface area contributed by atoms with Crippen molar-refractivity contribution in [1.29, 1.82) is 0 Å². The first-order valence-electron chi connectivity index (χ1n) is 4.04. The zero-order valence-corrected chi connectivity index (χ0v) is 8.01. The van der Waals surface area contributed by atoms with Gasteiger partial charge in [-0.25, -0.2) is 0 Å². The molecule has 1 fully saturated rings. The number of fused-ring (bicyclic) bond motifs is 1. The zero-order valence-electron chi connectivity index (χ0n) is 6.42. The molecule has 62 valence electrons. The summed E-state index contributed by atoms with van der Waals surface area (Å²) in [6.45, 7) is 4.06. The zero-order chi connectivity index (χ0) is 7.68. The van der Waals surface area contributed by atoms with Gasteiger partial charge in [0.25, 0.3) is 0 Å². The molecule has 2 nitrogen and oxygen atoms in total. The van der Waals surface area contributed by atoms with Crippen molar-refractivity contribution in [2.75, 3.05) is 26.3 Å². The van der Waals surface area contributed by atoms with Crippen LogP contribution in [0.15, 0.2) is 10.6 Å². The van der Waals surface area contributed by atoms with E-state index in [9.17, 15) is 0 Å². The number of rotatable bonds is 0. The normalized spacial score (nSPS) is 32.8. The van der Waals surface area contributed by atoms with Crippen molar-refractivity contribution in [1.82, 2.24) is 4.90 Å². The SMILES string of the molecule is BrC1=C[C@H]2COCCN2CC1. The monoisotopic (exact) mass is 217 g/mol. The van der Waals surface area contributed by atoms with Gasteiger partial charge >= 0.3 is 0 Å². The highest BCUT2D eigenvalue weighted by Gasteiger charge is 2.23. The Hall–Kier alpha value is 0.140. The summed E-state index contributed by atoms with van der Waals surface area (Å²) in [5.41, 5.74) is 0. The highest BCUT2D eigenvalue weighted by molar-refractivity contribution is 9.11. The molecular weight excluding hydrogens is 206 g/mol. The lowest BCUT2D eigenvalue weighted by Gasteiger charge is -2.36. The van der Waals surface area contributed by atoms with Crippen LogP contribution in [-0.2, 0) is 4.74 Å². The van der Waals surface area contributed by atoms with Gasteiger partial charge in [-0.05, 0) is 10.9 Å². The molecule has 0 N–H and O–H groups in total. The molecule has 1 saturated heterocycles. The van der Waals surface area contributed by atoms with E-state index in [2.05, 4.69) is 26.9 Å². The Morgan fingerprint density at radius 1 is 1.55 bits per heavy atom. The molecule has 2 heterocycles. The average molecular weight is 218 g/mol. The van der Waals surface area contributed by atoms with Gasteiger partial charge in [-0.3, -0.25) is 4.90 Å². The highest BCUT2D eigenvalue weighted by atomic mass is 79.9. The maximum Gasteiger partial charge on any atom is 0.0658 e. The second-order valence-corrected chi connectivity index (χ2v) is 4.06. The minimum Gasteiger partial charge on any atom is -0.378 e. The molecule has 0 unspecified atom stereocenters. The van der Waals surface area contributed by atoms with E-state index in [0.717, 1.165) is 26.2 Å². The van der Waals surface area contributed by atoms with Crippen LogP contribution in [-0.4, -0.2) is 37.2 Å². The summed E-state index contributed by atoms with van der Waals surface area (Å²) in [6, 6.07) is 0.534. The van der Waals surface area contributed by atoms with Crippen LogP contribution >= 0.6 is 15.9 Å². The molecule has 0 amide bonds. The molecule has 2 rings (SSSR count). The number of morpholine rings is 1. The third-order valence-electron chi connectivity index (χ3n) is 2.29. The van der Waals surface area contributed by atoms with E-state index in [4.69, 9.17) is 4.74 Å². The standard InChI is InChI=1S/C8H12BrNO/c9-7-1-2-10-3-4-11-6-8(10)5-7/h5,8H,1-4,6H2/t8-/m0/s1. The number of ether oxygens (including phenoxy) is 1. The molecule has 0 aromatic rings. The molecule has 0 bridgehead atoms. The average Bonchev–Trinajstić information content (AvgIpc) is 2.04. The van der Waals surface area contributed by atoms with E-state index in [1.165, 1.54) is 11.0 Å². The van der Waals surface area contributed by atoms with Gasteiger partial charge in [-0.15, -0.1) is 0 Å². The first-order chi connectivity index (χ1) is 5.36. The van der Waals surface area contributed by atoms with E-state index in [-0.39, 0.29) is 0 Å². The van der Waals surface area contributed by atoms with Crippen LogP contribution in [0.2, 0.25) is 0 Å². The molecular formula is C8H12BrNO. The number of halogens is 1. The Bertz CT molecular complexity index is 181. The number of hydrogen-bond acceptors (Lipinski definition) is 2. The summed E-state index contributed by atoms with van der Waals surface area (Å²) in [7, 11) is 0. The second-order valence-electron chi connectivity index (χ2n) is 3.04. The second kappa shape index (κ2) is 3.25. The minimum atomic E-state index is 0.534. The van der Waals surface area contributed by atoms with Crippen LogP contribution in [0.4, 0.5) is 0 Å². The maximum absolute atomic E-state index is 5.38. The van der Waals surface area contributed by atoms with E-state index in [1.807, 2.05) is 0 Å². The summed E-state index contributed by atoms with van der Waals surface area (Å²) in [5.74, 6) is 0. The quantitative estimate of drug-likeness (QED) is 0.608. The predicted octanol–water partition coefficient (Wildman–Crippen LogP) is 1.37. The van der Waals surface area contributed by atoms with Gasteiger partial charge < -0.3 is 4.74 Å². The molecule has 0 aromatic heterocycles. The molecule has 1 atom stereocenters. The fraction of sp³-hybridized carbons (Fsp3) is 0.750. The molecule has 0 aromatic carbocycles. The lowest BCUT2D eigenvalue weighted by molar-refractivity contribution is 0.00765. The van der Waals surface area contributed by atoms with Crippen LogP contribution < -0.4 is 0 Å². The van der Waals surface area contributed by atoms with Gasteiger partial charge in [0.05, 0.1) is 19.3 Å². The number of hydrogen-bond donors (Lipinski definition) is 0. The van der Waals surface area contributed by atoms with Crippen LogP contribution in [0.3, 0.4) is 0 Å². The largest absolute Gasteiger partial charge is 0.378 e. The maximum atomic E-state index is 5.38. The van der Waals surface area contributed by atoms with Gasteiger partial charge in [-0.1, -0.05) is 22.0 Å². The first kappa shape index (κ1) is 7.77. The van der Waals surface area contributed by atoms with Crippen molar-refractivity contribution in [3.05, 3.63) is 10.6 Å². The van der Waals surface area contributed by atoms with Crippen LogP contribution in [0.1, 0.15) is 6.42 Å². The van der Waals surface area contributed by atoms with Crippen LogP contribution in [0.25, 0.3) is 0 Å². The van der Waals surface area contributed by atoms with Crippen molar-refractivity contribution in [3.8, 4) is 0 Å². The molecule has 0 saturated carbocycles. The summed E-state index contributed by atoms with van der Waals surface area (Å²) in [5, 5.41) is 0. The Balaban J connectivity index is 2.07. The first-order valence-corrected chi connectivity index (χ1v) is 4.83. The summed E-state index contributed by atoms with van der Waals surface area (Å²) in [6.07, 6.45) is 3.43. The molecule has 2 aliphatic heterocycles. The van der Waals surface area contributed by atoms with E-state index < -0.39 is 0 Å². The van der Waals surface area contributed by atoms with Crippen LogP contribution in [0.5, 0.6) is 0 Å². The fourth-order valence-corrected chi connectivity index (χ4v) is 2.11. The molecule has 0 radical (unpaired) electrons. The topological polar surface area (TPSA) is 12.5 Å². The summed E-state index contributed by atoms with van der Waals surface area (Å²) >= 11 is 3.53. The van der Waals surface area contributed by atoms with Crippen molar-refractivity contribution >= 4 is 15.9 Å². The van der Waals surface area contributed by atoms with E-state index >= 15 is 0 Å². The van der Waals surface area contributed by atoms with E-state index in [0.29, 0.717) is 6.04 Å².